The maximum Gasteiger partial charge on any atom is 0.264 e. The van der Waals surface area contributed by atoms with Gasteiger partial charge in [0.25, 0.3) is 5.95 Å². The van der Waals surface area contributed by atoms with E-state index >= 15 is 0 Å². The minimum Gasteiger partial charge on any atom is -0.334 e. The molecule has 144 valence electrons. The number of hydrogen-bond acceptors (Lipinski definition) is 8. The molecule has 1 aromatic carbocycles. The van der Waals surface area contributed by atoms with Gasteiger partial charge in [0.1, 0.15) is 5.82 Å². The van der Waals surface area contributed by atoms with E-state index in [9.17, 15) is 4.79 Å². The minimum atomic E-state index is -0.239. The summed E-state index contributed by atoms with van der Waals surface area (Å²) in [6.45, 7) is 0. The lowest BCUT2D eigenvalue weighted by Crippen LogP contribution is -2.17. The summed E-state index contributed by atoms with van der Waals surface area (Å²) >= 11 is 13.0. The van der Waals surface area contributed by atoms with Gasteiger partial charge in [0, 0.05) is 16.8 Å². The highest BCUT2D eigenvalue weighted by atomic mass is 35.5. The van der Waals surface area contributed by atoms with Crippen LogP contribution < -0.4 is 16.6 Å². The molecule has 2 aromatic heterocycles. The van der Waals surface area contributed by atoms with Crippen molar-refractivity contribution in [2.24, 2.45) is 5.10 Å². The lowest BCUT2D eigenvalue weighted by Gasteiger charge is -2.04. The number of nitrogens with two attached hydrogens (primary N) is 1. The number of nitrogens with one attached hydrogen (secondary N) is 2. The van der Waals surface area contributed by atoms with Crippen LogP contribution >= 0.6 is 35.0 Å². The number of rotatable bonds is 7. The molecule has 0 aliphatic carbocycles. The summed E-state index contributed by atoms with van der Waals surface area (Å²) < 4.78 is 1.19. The first-order valence-corrected chi connectivity index (χ1v) is 9.55. The molecule has 4 N–H and O–H groups in total. The van der Waals surface area contributed by atoms with Crippen molar-refractivity contribution >= 4 is 58.9 Å². The van der Waals surface area contributed by atoms with E-state index in [1.807, 2.05) is 0 Å². The standard InChI is InChI=1S/C16H14Cl2N8OS/c17-11-5-4-10(12(18)7-11)8-21-23-15-24-25-16(26(15)19)28-9-14(27)22-13-3-1-2-6-20-13/h1-8H,9,19H2,(H,23,24)(H,20,22,27)/b21-8+. The van der Waals surface area contributed by atoms with Crippen molar-refractivity contribution < 1.29 is 4.79 Å². The van der Waals surface area contributed by atoms with Crippen molar-refractivity contribution in [3.63, 3.8) is 0 Å². The van der Waals surface area contributed by atoms with Crippen molar-refractivity contribution in [2.45, 2.75) is 5.16 Å². The Morgan fingerprint density at radius 1 is 1.29 bits per heavy atom. The maximum atomic E-state index is 12.0. The Balaban J connectivity index is 1.54. The molecule has 12 heteroatoms. The van der Waals surface area contributed by atoms with Gasteiger partial charge in [-0.05, 0) is 24.3 Å². The maximum absolute atomic E-state index is 12.0. The van der Waals surface area contributed by atoms with E-state index in [1.54, 1.807) is 42.6 Å². The van der Waals surface area contributed by atoms with Crippen molar-refractivity contribution in [1.82, 2.24) is 19.9 Å². The van der Waals surface area contributed by atoms with Gasteiger partial charge >= 0.3 is 0 Å². The van der Waals surface area contributed by atoms with Crippen LogP contribution in [-0.2, 0) is 4.79 Å². The molecule has 0 fully saturated rings. The van der Waals surface area contributed by atoms with Gasteiger partial charge in [-0.2, -0.15) is 5.10 Å². The van der Waals surface area contributed by atoms with Crippen LogP contribution in [0, 0.1) is 0 Å². The molecule has 0 aliphatic rings. The van der Waals surface area contributed by atoms with Crippen molar-refractivity contribution in [1.29, 1.82) is 0 Å². The van der Waals surface area contributed by atoms with Crippen LogP contribution in [0.15, 0.2) is 52.9 Å². The third-order valence-electron chi connectivity index (χ3n) is 3.26. The van der Waals surface area contributed by atoms with Crippen LogP contribution in [-0.4, -0.2) is 37.7 Å². The summed E-state index contributed by atoms with van der Waals surface area (Å²) in [4.78, 5) is 16.0. The molecule has 0 bridgehead atoms. The Morgan fingerprint density at radius 2 is 2.14 bits per heavy atom. The molecule has 0 radical (unpaired) electrons. The molecular weight excluding hydrogens is 423 g/mol. The topological polar surface area (TPSA) is 123 Å². The predicted octanol–water partition coefficient (Wildman–Crippen LogP) is 2.87. The Morgan fingerprint density at radius 3 is 2.89 bits per heavy atom. The molecule has 9 nitrogen and oxygen atoms in total. The van der Waals surface area contributed by atoms with Gasteiger partial charge in [0.15, 0.2) is 0 Å². The number of amides is 1. The molecular formula is C16H14Cl2N8OS. The third-order valence-corrected chi connectivity index (χ3v) is 4.77. The van der Waals surface area contributed by atoms with Gasteiger partial charge in [-0.1, -0.05) is 47.1 Å². The number of hydrogen-bond donors (Lipinski definition) is 3. The van der Waals surface area contributed by atoms with E-state index < -0.39 is 0 Å². The number of aromatic nitrogens is 4. The number of halogens is 2. The van der Waals surface area contributed by atoms with E-state index in [0.717, 1.165) is 11.8 Å². The van der Waals surface area contributed by atoms with Gasteiger partial charge in [-0.3, -0.25) is 4.79 Å². The van der Waals surface area contributed by atoms with Crippen LogP contribution in [0.5, 0.6) is 0 Å². The van der Waals surface area contributed by atoms with Crippen LogP contribution in [0.3, 0.4) is 0 Å². The molecule has 3 rings (SSSR count). The van der Waals surface area contributed by atoms with E-state index in [-0.39, 0.29) is 17.6 Å². The Kier molecular flexibility index (Phi) is 6.69. The van der Waals surface area contributed by atoms with E-state index in [2.05, 4.69) is 31.0 Å². The number of benzene rings is 1. The zero-order valence-electron chi connectivity index (χ0n) is 14.2. The average Bonchev–Trinajstić information content (AvgIpc) is 3.02. The van der Waals surface area contributed by atoms with Crippen molar-refractivity contribution in [3.8, 4) is 0 Å². The molecule has 28 heavy (non-hydrogen) atoms. The van der Waals surface area contributed by atoms with Crippen LogP contribution in [0.1, 0.15) is 5.56 Å². The zero-order valence-corrected chi connectivity index (χ0v) is 16.5. The summed E-state index contributed by atoms with van der Waals surface area (Å²) in [7, 11) is 0. The van der Waals surface area contributed by atoms with Gasteiger partial charge in [0.05, 0.1) is 17.0 Å². The van der Waals surface area contributed by atoms with Gasteiger partial charge in [-0.15, -0.1) is 10.2 Å². The number of nitrogen functional groups attached to an aromatic ring is 1. The van der Waals surface area contributed by atoms with Gasteiger partial charge in [0.2, 0.25) is 11.1 Å². The number of nitrogens with zero attached hydrogens (tertiary/aromatic N) is 5. The molecule has 0 spiro atoms. The Hall–Kier alpha value is -2.82. The fourth-order valence-electron chi connectivity index (χ4n) is 1.96. The number of hydrazone groups is 1. The first kappa shape index (κ1) is 19.9. The van der Waals surface area contributed by atoms with Crippen LogP contribution in [0.2, 0.25) is 10.0 Å². The fraction of sp³-hybridized carbons (Fsp3) is 0.0625. The number of anilines is 2. The highest BCUT2D eigenvalue weighted by molar-refractivity contribution is 7.99. The first-order chi connectivity index (χ1) is 13.5. The summed E-state index contributed by atoms with van der Waals surface area (Å²) in [5.74, 6) is 6.45. The monoisotopic (exact) mass is 436 g/mol. The molecule has 2 heterocycles. The van der Waals surface area contributed by atoms with E-state index in [1.165, 1.54) is 10.9 Å². The van der Waals surface area contributed by atoms with Gasteiger partial charge in [-0.25, -0.2) is 15.1 Å². The highest BCUT2D eigenvalue weighted by Crippen LogP contribution is 2.20. The SMILES string of the molecule is Nn1c(N/N=C/c2ccc(Cl)cc2Cl)nnc1SCC(=O)Nc1ccccn1. The summed E-state index contributed by atoms with van der Waals surface area (Å²) in [5.41, 5.74) is 3.34. The summed E-state index contributed by atoms with van der Waals surface area (Å²) in [6, 6.07) is 10.3. The number of carbonyl (C=O) groups excluding carboxylic acids is 1. The molecule has 3 aromatic rings. The number of pyridine rings is 1. The second-order valence-corrected chi connectivity index (χ2v) is 7.05. The zero-order chi connectivity index (χ0) is 19.9. The van der Waals surface area contributed by atoms with Crippen molar-refractivity contribution in [2.75, 3.05) is 22.3 Å². The Labute approximate surface area is 174 Å². The molecule has 0 atom stereocenters. The fourth-order valence-corrected chi connectivity index (χ4v) is 3.08. The van der Waals surface area contributed by atoms with Crippen LogP contribution in [0.4, 0.5) is 11.8 Å². The van der Waals surface area contributed by atoms with Crippen molar-refractivity contribution in [3.05, 3.63) is 58.2 Å². The summed E-state index contributed by atoms with van der Waals surface area (Å²) in [5, 5.41) is 15.8. The van der Waals surface area contributed by atoms with E-state index in [4.69, 9.17) is 29.0 Å². The smallest absolute Gasteiger partial charge is 0.264 e. The first-order valence-electron chi connectivity index (χ1n) is 7.81. The van der Waals surface area contributed by atoms with Gasteiger partial charge < -0.3 is 11.2 Å². The molecule has 0 aliphatic heterocycles. The predicted molar refractivity (Wildman–Crippen MR) is 111 cm³/mol. The van der Waals surface area contributed by atoms with E-state index in [0.29, 0.717) is 26.6 Å². The lowest BCUT2D eigenvalue weighted by atomic mass is 10.2. The number of carbonyl (C=O) groups is 1. The van der Waals surface area contributed by atoms with Crippen LogP contribution in [0.25, 0.3) is 0 Å². The largest absolute Gasteiger partial charge is 0.334 e. The normalized spacial score (nSPS) is 10.9. The minimum absolute atomic E-state index is 0.0928. The highest BCUT2D eigenvalue weighted by Gasteiger charge is 2.12. The quantitative estimate of drug-likeness (QED) is 0.225. The molecule has 0 saturated carbocycles. The molecule has 0 saturated heterocycles. The lowest BCUT2D eigenvalue weighted by molar-refractivity contribution is -0.113. The Bertz CT molecular complexity index is 996. The number of thioether (sulfide) groups is 1. The average molecular weight is 437 g/mol. The second kappa shape index (κ2) is 9.40. The second-order valence-electron chi connectivity index (χ2n) is 5.26. The summed E-state index contributed by atoms with van der Waals surface area (Å²) in [6.07, 6.45) is 3.09. The molecule has 1 amide bonds. The molecule has 0 unspecified atom stereocenters. The third kappa shape index (κ3) is 5.35.